The van der Waals surface area contributed by atoms with Crippen molar-refractivity contribution in [3.05, 3.63) is 71.2 Å². The lowest BCUT2D eigenvalue weighted by molar-refractivity contribution is 0.0522. The number of halogens is 1. The van der Waals surface area contributed by atoms with Crippen LogP contribution in [0.1, 0.15) is 47.1 Å². The molecule has 6 heteroatoms. The van der Waals surface area contributed by atoms with E-state index < -0.39 is 11.8 Å². The normalized spacial score (nSPS) is 11.0. The van der Waals surface area contributed by atoms with Crippen molar-refractivity contribution in [2.24, 2.45) is 5.92 Å². The molecule has 0 spiro atoms. The number of carbonyl (C=O) groups excluding carboxylic acids is 2. The molecular weight excluding hydrogens is 375 g/mol. The number of ketones is 1. The molecule has 0 aromatic heterocycles. The Hall–Kier alpha value is -3.15. The Bertz CT molecular complexity index is 885. The second-order valence-electron chi connectivity index (χ2n) is 6.68. The Morgan fingerprint density at radius 2 is 1.83 bits per heavy atom. The molecule has 0 aliphatic heterocycles. The number of carbonyl (C=O) groups is 2. The lowest BCUT2D eigenvalue weighted by atomic mass is 9.97. The summed E-state index contributed by atoms with van der Waals surface area (Å²) in [5, 5.41) is 0. The topological polar surface area (TPSA) is 61.8 Å². The zero-order valence-corrected chi connectivity index (χ0v) is 17.0. The summed E-state index contributed by atoms with van der Waals surface area (Å²) >= 11 is 0. The van der Waals surface area contributed by atoms with Crippen LogP contribution in [0.25, 0.3) is 0 Å². The third kappa shape index (κ3) is 6.17. The summed E-state index contributed by atoms with van der Waals surface area (Å²) in [6.07, 6.45) is 3.23. The van der Waals surface area contributed by atoms with Crippen LogP contribution in [0.15, 0.2) is 48.7 Å². The molecule has 0 aliphatic carbocycles. The summed E-state index contributed by atoms with van der Waals surface area (Å²) < 4.78 is 29.3. The van der Waals surface area contributed by atoms with Gasteiger partial charge in [0.05, 0.1) is 20.0 Å². The van der Waals surface area contributed by atoms with Crippen LogP contribution in [0.5, 0.6) is 11.5 Å². The van der Waals surface area contributed by atoms with E-state index in [9.17, 15) is 14.0 Å². The van der Waals surface area contributed by atoms with Gasteiger partial charge in [0.15, 0.2) is 5.78 Å². The van der Waals surface area contributed by atoms with Crippen molar-refractivity contribution in [2.75, 3.05) is 13.7 Å². The van der Waals surface area contributed by atoms with E-state index >= 15 is 0 Å². The molecule has 0 saturated heterocycles. The third-order valence-corrected chi connectivity index (χ3v) is 4.05. The van der Waals surface area contributed by atoms with E-state index in [0.29, 0.717) is 16.9 Å². The van der Waals surface area contributed by atoms with Gasteiger partial charge >= 0.3 is 5.97 Å². The molecule has 2 aromatic rings. The van der Waals surface area contributed by atoms with Gasteiger partial charge in [-0.25, -0.2) is 9.18 Å². The van der Waals surface area contributed by atoms with Crippen molar-refractivity contribution < 1.29 is 28.2 Å². The van der Waals surface area contributed by atoms with Gasteiger partial charge in [-0.1, -0.05) is 13.8 Å². The number of Topliss-reactive ketones (excluding diaryl/α,β-unsaturated/α-hetero) is 1. The lowest BCUT2D eigenvalue weighted by Crippen LogP contribution is -2.13. The van der Waals surface area contributed by atoms with E-state index in [1.54, 1.807) is 19.1 Å². The van der Waals surface area contributed by atoms with Gasteiger partial charge < -0.3 is 14.2 Å². The van der Waals surface area contributed by atoms with Gasteiger partial charge in [-0.2, -0.15) is 0 Å². The molecule has 154 valence electrons. The first kappa shape index (κ1) is 22.1. The fourth-order valence-corrected chi connectivity index (χ4v) is 2.61. The highest BCUT2D eigenvalue weighted by atomic mass is 19.1. The largest absolute Gasteiger partial charge is 0.497 e. The minimum Gasteiger partial charge on any atom is -0.497 e. The summed E-state index contributed by atoms with van der Waals surface area (Å²) in [6.45, 7) is 5.86. The van der Waals surface area contributed by atoms with Crippen LogP contribution < -0.4 is 9.47 Å². The molecule has 0 aliphatic rings. The van der Waals surface area contributed by atoms with Crippen molar-refractivity contribution in [3.8, 4) is 11.5 Å². The quantitative estimate of drug-likeness (QED) is 0.337. The molecular formula is C23H25FO5. The zero-order chi connectivity index (χ0) is 21.4. The van der Waals surface area contributed by atoms with Gasteiger partial charge in [-0.3, -0.25) is 4.79 Å². The van der Waals surface area contributed by atoms with Crippen LogP contribution in [-0.4, -0.2) is 25.5 Å². The van der Waals surface area contributed by atoms with Crippen LogP contribution in [0.2, 0.25) is 0 Å². The van der Waals surface area contributed by atoms with Gasteiger partial charge in [0, 0.05) is 18.1 Å². The van der Waals surface area contributed by atoms with Gasteiger partial charge in [0.2, 0.25) is 0 Å². The fraction of sp³-hybridized carbons (Fsp3) is 0.304. The molecule has 29 heavy (non-hydrogen) atoms. The van der Waals surface area contributed by atoms with E-state index in [0.717, 1.165) is 0 Å². The molecule has 2 rings (SSSR count). The second-order valence-corrected chi connectivity index (χ2v) is 6.68. The third-order valence-electron chi connectivity index (χ3n) is 4.05. The average Bonchev–Trinajstić information content (AvgIpc) is 2.68. The Balaban J connectivity index is 2.47. The number of esters is 1. The minimum atomic E-state index is -0.593. The number of methoxy groups -OCH3 is 1. The van der Waals surface area contributed by atoms with Gasteiger partial charge in [-0.05, 0) is 54.8 Å². The van der Waals surface area contributed by atoms with Crippen molar-refractivity contribution in [2.45, 2.75) is 27.2 Å². The smallest absolute Gasteiger partial charge is 0.342 e. The van der Waals surface area contributed by atoms with Gasteiger partial charge in [0.1, 0.15) is 22.9 Å². The monoisotopic (exact) mass is 400 g/mol. The number of benzene rings is 2. The first-order chi connectivity index (χ1) is 13.8. The van der Waals surface area contributed by atoms with Gasteiger partial charge in [-0.15, -0.1) is 0 Å². The lowest BCUT2D eigenvalue weighted by Gasteiger charge is -2.15. The van der Waals surface area contributed by atoms with Crippen molar-refractivity contribution in [3.63, 3.8) is 0 Å². The second kappa shape index (κ2) is 10.4. The molecule has 0 saturated carbocycles. The van der Waals surface area contributed by atoms with Crippen LogP contribution >= 0.6 is 0 Å². The predicted molar refractivity (Wildman–Crippen MR) is 108 cm³/mol. The number of hydrogen-bond donors (Lipinski definition) is 0. The van der Waals surface area contributed by atoms with E-state index in [4.69, 9.17) is 14.2 Å². The molecule has 0 amide bonds. The summed E-state index contributed by atoms with van der Waals surface area (Å²) in [6, 6.07) is 8.43. The Labute approximate surface area is 170 Å². The zero-order valence-electron chi connectivity index (χ0n) is 17.0. The molecule has 5 nitrogen and oxygen atoms in total. The summed E-state index contributed by atoms with van der Waals surface area (Å²) in [5.41, 5.74) is 0.910. The van der Waals surface area contributed by atoms with Crippen molar-refractivity contribution in [1.82, 2.24) is 0 Å². The molecule has 0 fully saturated rings. The van der Waals surface area contributed by atoms with Gasteiger partial charge in [0.25, 0.3) is 0 Å². The molecule has 0 N–H and O–H groups in total. The molecule has 0 radical (unpaired) electrons. The number of ether oxygens (including phenoxy) is 3. The maximum absolute atomic E-state index is 13.1. The first-order valence-corrected chi connectivity index (χ1v) is 9.35. The number of hydrogen-bond acceptors (Lipinski definition) is 5. The first-order valence-electron chi connectivity index (χ1n) is 9.35. The number of rotatable bonds is 9. The average molecular weight is 400 g/mol. The van der Waals surface area contributed by atoms with Crippen LogP contribution in [0.4, 0.5) is 4.39 Å². The number of allylic oxidation sites excluding steroid dienone is 1. The maximum Gasteiger partial charge on any atom is 0.342 e. The van der Waals surface area contributed by atoms with Crippen LogP contribution in [-0.2, 0) is 11.2 Å². The molecule has 0 atom stereocenters. The SMILES string of the molecule is CCOC(=O)c1c(CC(=O)c2ccc(F)cc2)cc(OC)cc1OC=CC(C)C. The van der Waals surface area contributed by atoms with Crippen LogP contribution in [0, 0.1) is 11.7 Å². The summed E-state index contributed by atoms with van der Waals surface area (Å²) in [4.78, 5) is 25.3. The highest BCUT2D eigenvalue weighted by Gasteiger charge is 2.23. The van der Waals surface area contributed by atoms with Crippen molar-refractivity contribution in [1.29, 1.82) is 0 Å². The van der Waals surface area contributed by atoms with Crippen molar-refractivity contribution >= 4 is 11.8 Å². The van der Waals surface area contributed by atoms with E-state index in [1.807, 2.05) is 19.9 Å². The summed E-state index contributed by atoms with van der Waals surface area (Å²) in [5.74, 6) is -0.360. The van der Waals surface area contributed by atoms with Crippen LogP contribution in [0.3, 0.4) is 0 Å². The van der Waals surface area contributed by atoms with E-state index in [-0.39, 0.29) is 36.0 Å². The highest BCUT2D eigenvalue weighted by Crippen LogP contribution is 2.31. The van der Waals surface area contributed by atoms with E-state index in [2.05, 4.69) is 0 Å². The van der Waals surface area contributed by atoms with E-state index in [1.165, 1.54) is 37.6 Å². The molecule has 0 heterocycles. The Morgan fingerprint density at radius 1 is 1.14 bits per heavy atom. The molecule has 2 aromatic carbocycles. The molecule has 0 bridgehead atoms. The maximum atomic E-state index is 13.1. The highest BCUT2D eigenvalue weighted by molar-refractivity contribution is 6.01. The fourth-order valence-electron chi connectivity index (χ4n) is 2.61. The predicted octanol–water partition coefficient (Wildman–Crippen LogP) is 4.98. The standard InChI is InChI=1S/C23H25FO5/c1-5-28-23(26)22-17(13-20(25)16-6-8-18(24)9-7-16)12-19(27-4)14-21(22)29-11-10-15(2)3/h6-12,14-15H,5,13H2,1-4H3. The summed E-state index contributed by atoms with van der Waals surface area (Å²) in [7, 11) is 1.48. The minimum absolute atomic E-state index is 0.0960. The molecule has 0 unspecified atom stereocenters. The Morgan fingerprint density at radius 3 is 2.41 bits per heavy atom. The Kier molecular flexibility index (Phi) is 7.95.